The summed E-state index contributed by atoms with van der Waals surface area (Å²) >= 11 is 0. The summed E-state index contributed by atoms with van der Waals surface area (Å²) in [6.07, 6.45) is 4.86. The van der Waals surface area contributed by atoms with Gasteiger partial charge < -0.3 is 4.74 Å². The first-order valence-electron chi connectivity index (χ1n) is 6.77. The minimum absolute atomic E-state index is 0.201. The van der Waals surface area contributed by atoms with Crippen LogP contribution in [-0.2, 0) is 0 Å². The summed E-state index contributed by atoms with van der Waals surface area (Å²) in [5.41, 5.74) is 4.36. The molecule has 4 nitrogen and oxygen atoms in total. The van der Waals surface area contributed by atoms with Crippen molar-refractivity contribution in [3.8, 4) is 5.75 Å². The van der Waals surface area contributed by atoms with Crippen LogP contribution in [0, 0.1) is 11.8 Å². The molecule has 100 valence electrons. The van der Waals surface area contributed by atoms with E-state index in [4.69, 9.17) is 4.74 Å². The molecule has 1 aromatic carbocycles. The molecule has 1 amide bonds. The lowest BCUT2D eigenvalue weighted by Gasteiger charge is -2.12. The van der Waals surface area contributed by atoms with Gasteiger partial charge in [-0.3, -0.25) is 4.79 Å². The summed E-state index contributed by atoms with van der Waals surface area (Å²) < 4.78 is 5.18. The monoisotopic (exact) mass is 258 g/mol. The quantitative estimate of drug-likeness (QED) is 0.847. The van der Waals surface area contributed by atoms with Crippen molar-refractivity contribution < 1.29 is 9.53 Å². The molecule has 2 aliphatic carbocycles. The summed E-state index contributed by atoms with van der Waals surface area (Å²) in [5, 5.41) is 4.32. The Bertz CT molecular complexity index is 525. The first kappa shape index (κ1) is 12.2. The standard InChI is InChI=1S/C15H18N2O2/c1-19-14-5-3-2-4-12(14)15(18)17-16-13-9-10-6-7-11(13)8-10/h2-5,10-11H,6-9H2,1H3,(H,17,18)/b16-13-/t10-,11-/m1/s1. The Hall–Kier alpha value is -1.84. The fourth-order valence-corrected chi connectivity index (χ4v) is 3.18. The molecule has 2 fully saturated rings. The smallest absolute Gasteiger partial charge is 0.275 e. The van der Waals surface area contributed by atoms with Crippen LogP contribution >= 0.6 is 0 Å². The van der Waals surface area contributed by atoms with E-state index in [-0.39, 0.29) is 5.91 Å². The second-order valence-electron chi connectivity index (χ2n) is 5.32. The number of nitrogens with zero attached hydrogens (tertiary/aromatic N) is 1. The van der Waals surface area contributed by atoms with E-state index in [9.17, 15) is 4.79 Å². The van der Waals surface area contributed by atoms with Gasteiger partial charge in [0.1, 0.15) is 5.75 Å². The first-order valence-corrected chi connectivity index (χ1v) is 6.77. The average molecular weight is 258 g/mol. The molecule has 2 bridgehead atoms. The number of hydrazone groups is 1. The molecule has 1 N–H and O–H groups in total. The number of ether oxygens (including phenoxy) is 1. The Balaban J connectivity index is 1.70. The normalized spacial score (nSPS) is 26.7. The van der Waals surface area contributed by atoms with Gasteiger partial charge in [0.25, 0.3) is 5.91 Å². The van der Waals surface area contributed by atoms with Crippen molar-refractivity contribution in [2.24, 2.45) is 16.9 Å². The summed E-state index contributed by atoms with van der Waals surface area (Å²) in [4.78, 5) is 12.1. The van der Waals surface area contributed by atoms with Crippen molar-refractivity contribution in [2.45, 2.75) is 25.7 Å². The van der Waals surface area contributed by atoms with Gasteiger partial charge in [-0.05, 0) is 49.7 Å². The number of methoxy groups -OCH3 is 1. The maximum absolute atomic E-state index is 12.1. The third-order valence-corrected chi connectivity index (χ3v) is 4.16. The average Bonchev–Trinajstić information content (AvgIpc) is 3.07. The molecule has 0 unspecified atom stereocenters. The molecule has 0 radical (unpaired) electrons. The number of fused-ring (bicyclic) bond motifs is 2. The summed E-state index contributed by atoms with van der Waals surface area (Å²) in [6.45, 7) is 0. The summed E-state index contributed by atoms with van der Waals surface area (Å²) in [5.74, 6) is 1.77. The largest absolute Gasteiger partial charge is 0.496 e. The number of rotatable bonds is 3. The predicted octanol–water partition coefficient (Wildman–Crippen LogP) is 2.60. The molecule has 0 aromatic heterocycles. The summed E-state index contributed by atoms with van der Waals surface area (Å²) in [7, 11) is 1.56. The van der Waals surface area contributed by atoms with E-state index >= 15 is 0 Å². The van der Waals surface area contributed by atoms with Gasteiger partial charge in [0.05, 0.1) is 12.7 Å². The Morgan fingerprint density at radius 3 is 2.89 bits per heavy atom. The van der Waals surface area contributed by atoms with E-state index in [1.807, 2.05) is 12.1 Å². The molecule has 0 aliphatic heterocycles. The van der Waals surface area contributed by atoms with Gasteiger partial charge in [0, 0.05) is 5.71 Å². The number of amides is 1. The van der Waals surface area contributed by atoms with E-state index in [1.165, 1.54) is 25.0 Å². The highest BCUT2D eigenvalue weighted by atomic mass is 16.5. The number of benzene rings is 1. The predicted molar refractivity (Wildman–Crippen MR) is 73.3 cm³/mol. The van der Waals surface area contributed by atoms with Crippen molar-refractivity contribution >= 4 is 11.6 Å². The van der Waals surface area contributed by atoms with Crippen LogP contribution in [0.5, 0.6) is 5.75 Å². The number of para-hydroxylation sites is 1. The Kier molecular flexibility index (Phi) is 3.23. The van der Waals surface area contributed by atoms with Gasteiger partial charge in [-0.25, -0.2) is 5.43 Å². The van der Waals surface area contributed by atoms with Gasteiger partial charge in [0.2, 0.25) is 0 Å². The number of carbonyl (C=O) groups is 1. The molecule has 2 saturated carbocycles. The van der Waals surface area contributed by atoms with Gasteiger partial charge in [-0.1, -0.05) is 12.1 Å². The number of carbonyl (C=O) groups excluding carboxylic acids is 1. The van der Waals surface area contributed by atoms with Crippen LogP contribution in [0.3, 0.4) is 0 Å². The Labute approximate surface area is 112 Å². The molecule has 0 heterocycles. The van der Waals surface area contributed by atoms with E-state index in [0.29, 0.717) is 17.2 Å². The third-order valence-electron chi connectivity index (χ3n) is 4.16. The van der Waals surface area contributed by atoms with E-state index in [1.54, 1.807) is 19.2 Å². The van der Waals surface area contributed by atoms with Crippen molar-refractivity contribution in [3.63, 3.8) is 0 Å². The second-order valence-corrected chi connectivity index (χ2v) is 5.32. The molecule has 2 aliphatic rings. The maximum Gasteiger partial charge on any atom is 0.275 e. The number of hydrogen-bond acceptors (Lipinski definition) is 3. The zero-order valence-corrected chi connectivity index (χ0v) is 11.1. The maximum atomic E-state index is 12.1. The van der Waals surface area contributed by atoms with E-state index in [0.717, 1.165) is 12.3 Å². The summed E-state index contributed by atoms with van der Waals surface area (Å²) in [6, 6.07) is 7.19. The van der Waals surface area contributed by atoms with Crippen LogP contribution in [0.25, 0.3) is 0 Å². The van der Waals surface area contributed by atoms with Crippen LogP contribution < -0.4 is 10.2 Å². The SMILES string of the molecule is COc1ccccc1C(=O)N/N=C1/C[C@@H]2CC[C@@H]1C2. The highest BCUT2D eigenvalue weighted by molar-refractivity contribution is 5.98. The van der Waals surface area contributed by atoms with Crippen LogP contribution in [0.4, 0.5) is 0 Å². The van der Waals surface area contributed by atoms with Crippen LogP contribution in [0.2, 0.25) is 0 Å². The molecule has 1 aromatic rings. The molecule has 0 saturated heterocycles. The van der Waals surface area contributed by atoms with Crippen molar-refractivity contribution in [1.82, 2.24) is 5.43 Å². The van der Waals surface area contributed by atoms with Crippen molar-refractivity contribution in [1.29, 1.82) is 0 Å². The van der Waals surface area contributed by atoms with Crippen LogP contribution in [0.1, 0.15) is 36.0 Å². The lowest BCUT2D eigenvalue weighted by Crippen LogP contribution is -2.22. The third kappa shape index (κ3) is 2.35. The number of hydrogen-bond donors (Lipinski definition) is 1. The number of nitrogens with one attached hydrogen (secondary N) is 1. The molecular weight excluding hydrogens is 240 g/mol. The Morgan fingerprint density at radius 2 is 2.21 bits per heavy atom. The van der Waals surface area contributed by atoms with Gasteiger partial charge >= 0.3 is 0 Å². The van der Waals surface area contributed by atoms with Crippen LogP contribution in [0.15, 0.2) is 29.4 Å². The topological polar surface area (TPSA) is 50.7 Å². The molecule has 4 heteroatoms. The lowest BCUT2D eigenvalue weighted by molar-refractivity contribution is 0.0951. The van der Waals surface area contributed by atoms with Crippen molar-refractivity contribution in [2.75, 3.05) is 7.11 Å². The zero-order valence-electron chi connectivity index (χ0n) is 11.1. The highest BCUT2D eigenvalue weighted by Gasteiger charge is 2.36. The minimum Gasteiger partial charge on any atom is -0.496 e. The fraction of sp³-hybridized carbons (Fsp3) is 0.467. The molecule has 0 spiro atoms. The minimum atomic E-state index is -0.201. The molecule has 19 heavy (non-hydrogen) atoms. The van der Waals surface area contributed by atoms with E-state index < -0.39 is 0 Å². The lowest BCUT2D eigenvalue weighted by atomic mass is 9.99. The second kappa shape index (κ2) is 5.03. The molecule has 2 atom stereocenters. The van der Waals surface area contributed by atoms with Crippen molar-refractivity contribution in [3.05, 3.63) is 29.8 Å². The van der Waals surface area contributed by atoms with E-state index in [2.05, 4.69) is 10.5 Å². The van der Waals surface area contributed by atoms with Gasteiger partial charge in [0.15, 0.2) is 0 Å². The first-order chi connectivity index (χ1) is 9.28. The van der Waals surface area contributed by atoms with Gasteiger partial charge in [-0.2, -0.15) is 5.10 Å². The van der Waals surface area contributed by atoms with Crippen LogP contribution in [-0.4, -0.2) is 18.7 Å². The van der Waals surface area contributed by atoms with Gasteiger partial charge in [-0.15, -0.1) is 0 Å². The fourth-order valence-electron chi connectivity index (χ4n) is 3.18. The molecular formula is C15H18N2O2. The zero-order chi connectivity index (χ0) is 13.2. The Morgan fingerprint density at radius 1 is 1.37 bits per heavy atom. The highest BCUT2D eigenvalue weighted by Crippen LogP contribution is 2.42. The molecule has 3 rings (SSSR count).